The number of halogens is 1. The molecule has 1 aliphatic rings. The zero-order chi connectivity index (χ0) is 12.9. The number of rotatable bonds is 1. The van der Waals surface area contributed by atoms with Crippen molar-refractivity contribution in [2.45, 2.75) is 19.4 Å². The summed E-state index contributed by atoms with van der Waals surface area (Å²) in [5.41, 5.74) is 1.93. The second-order valence-corrected chi connectivity index (χ2v) is 4.91. The van der Waals surface area contributed by atoms with Gasteiger partial charge in [-0.1, -0.05) is 0 Å². The summed E-state index contributed by atoms with van der Waals surface area (Å²) in [4.78, 5) is 18.6. The van der Waals surface area contributed by atoms with Gasteiger partial charge in [0.05, 0.1) is 23.0 Å². The summed E-state index contributed by atoms with van der Waals surface area (Å²) in [7, 11) is 0. The van der Waals surface area contributed by atoms with Crippen LogP contribution in [0.4, 0.5) is 4.39 Å². The Labute approximate surface area is 103 Å². The Kier molecular flexibility index (Phi) is 2.08. The minimum absolute atomic E-state index is 0.132. The first-order valence-electron chi connectivity index (χ1n) is 5.65. The maximum absolute atomic E-state index is 13.6. The normalized spacial score (nSPS) is 16.5. The zero-order valence-corrected chi connectivity index (χ0v) is 10.0. The number of hydrogen-bond donors (Lipinski definition) is 2. The van der Waals surface area contributed by atoms with Gasteiger partial charge in [0, 0.05) is 17.5 Å². The van der Waals surface area contributed by atoms with Crippen LogP contribution in [0.3, 0.4) is 0 Å². The van der Waals surface area contributed by atoms with E-state index in [-0.39, 0.29) is 5.91 Å². The van der Waals surface area contributed by atoms with Crippen LogP contribution in [-0.2, 0) is 5.54 Å². The van der Waals surface area contributed by atoms with Gasteiger partial charge in [-0.2, -0.15) is 0 Å². The Morgan fingerprint density at radius 1 is 1.33 bits per heavy atom. The molecule has 0 atom stereocenters. The molecule has 0 spiro atoms. The standard InChI is InChI=1S/C13H12FN3O/c1-13(2)11-8(12(18)17-13)5-10(16-11)7-3-4-15-6-9(7)14/h3-6,16H,1-2H3,(H,17,18). The second kappa shape index (κ2) is 3.41. The fraction of sp³-hybridized carbons (Fsp3) is 0.231. The molecule has 0 aliphatic carbocycles. The molecule has 0 unspecified atom stereocenters. The highest BCUT2D eigenvalue weighted by atomic mass is 19.1. The van der Waals surface area contributed by atoms with Crippen molar-refractivity contribution >= 4 is 5.91 Å². The van der Waals surface area contributed by atoms with Gasteiger partial charge >= 0.3 is 0 Å². The van der Waals surface area contributed by atoms with E-state index in [1.54, 1.807) is 12.1 Å². The molecule has 0 bridgehead atoms. The summed E-state index contributed by atoms with van der Waals surface area (Å²) in [5, 5.41) is 2.86. The smallest absolute Gasteiger partial charge is 0.253 e. The number of fused-ring (bicyclic) bond motifs is 1. The fourth-order valence-corrected chi connectivity index (χ4v) is 2.28. The number of pyridine rings is 1. The zero-order valence-electron chi connectivity index (χ0n) is 10.0. The van der Waals surface area contributed by atoms with Gasteiger partial charge in [0.2, 0.25) is 0 Å². The van der Waals surface area contributed by atoms with Gasteiger partial charge < -0.3 is 10.3 Å². The van der Waals surface area contributed by atoms with Crippen LogP contribution in [0, 0.1) is 5.82 Å². The molecule has 92 valence electrons. The SMILES string of the molecule is CC1(C)NC(=O)c2cc(-c3ccncc3F)[nH]c21. The van der Waals surface area contributed by atoms with E-state index in [1.165, 1.54) is 6.20 Å². The molecule has 2 N–H and O–H groups in total. The number of nitrogens with zero attached hydrogens (tertiary/aromatic N) is 1. The Bertz CT molecular complexity index is 645. The second-order valence-electron chi connectivity index (χ2n) is 4.91. The van der Waals surface area contributed by atoms with Gasteiger partial charge in [-0.05, 0) is 26.0 Å². The van der Waals surface area contributed by atoms with Crippen LogP contribution in [0.2, 0.25) is 0 Å². The summed E-state index contributed by atoms with van der Waals surface area (Å²) < 4.78 is 13.6. The van der Waals surface area contributed by atoms with E-state index in [0.717, 1.165) is 11.9 Å². The molecular weight excluding hydrogens is 233 g/mol. The van der Waals surface area contributed by atoms with Crippen molar-refractivity contribution in [3.63, 3.8) is 0 Å². The molecule has 5 heteroatoms. The monoisotopic (exact) mass is 245 g/mol. The number of H-pyrrole nitrogens is 1. The van der Waals surface area contributed by atoms with Crippen molar-refractivity contribution in [1.29, 1.82) is 0 Å². The third-order valence-corrected chi connectivity index (χ3v) is 3.18. The number of carbonyl (C=O) groups excluding carboxylic acids is 1. The van der Waals surface area contributed by atoms with Crippen LogP contribution in [0.25, 0.3) is 11.3 Å². The fourth-order valence-electron chi connectivity index (χ4n) is 2.28. The topological polar surface area (TPSA) is 57.8 Å². The highest BCUT2D eigenvalue weighted by Crippen LogP contribution is 2.33. The minimum Gasteiger partial charge on any atom is -0.356 e. The summed E-state index contributed by atoms with van der Waals surface area (Å²) >= 11 is 0. The van der Waals surface area contributed by atoms with Crippen LogP contribution < -0.4 is 5.32 Å². The van der Waals surface area contributed by atoms with Crippen molar-refractivity contribution in [3.05, 3.63) is 41.6 Å². The lowest BCUT2D eigenvalue weighted by Crippen LogP contribution is -2.33. The first-order valence-corrected chi connectivity index (χ1v) is 5.65. The van der Waals surface area contributed by atoms with Gasteiger partial charge in [-0.15, -0.1) is 0 Å². The van der Waals surface area contributed by atoms with Crippen molar-refractivity contribution in [1.82, 2.24) is 15.3 Å². The Balaban J connectivity index is 2.16. The largest absolute Gasteiger partial charge is 0.356 e. The molecule has 0 aromatic carbocycles. The van der Waals surface area contributed by atoms with Crippen molar-refractivity contribution in [2.75, 3.05) is 0 Å². The number of aromatic amines is 1. The lowest BCUT2D eigenvalue weighted by atomic mass is 10.0. The third-order valence-electron chi connectivity index (χ3n) is 3.18. The summed E-state index contributed by atoms with van der Waals surface area (Å²) in [6, 6.07) is 3.26. The van der Waals surface area contributed by atoms with Crippen molar-refractivity contribution in [3.8, 4) is 11.3 Å². The van der Waals surface area contributed by atoms with E-state index >= 15 is 0 Å². The summed E-state index contributed by atoms with van der Waals surface area (Å²) in [6.07, 6.45) is 2.68. The number of nitrogens with one attached hydrogen (secondary N) is 2. The molecule has 18 heavy (non-hydrogen) atoms. The molecule has 1 aliphatic heterocycles. The van der Waals surface area contributed by atoms with Gasteiger partial charge in [-0.25, -0.2) is 4.39 Å². The molecule has 3 rings (SSSR count). The highest BCUT2D eigenvalue weighted by molar-refractivity contribution is 6.00. The lowest BCUT2D eigenvalue weighted by Gasteiger charge is -2.18. The van der Waals surface area contributed by atoms with E-state index < -0.39 is 11.4 Å². The first-order chi connectivity index (χ1) is 8.49. The molecule has 4 nitrogen and oxygen atoms in total. The van der Waals surface area contributed by atoms with E-state index in [9.17, 15) is 9.18 Å². The van der Waals surface area contributed by atoms with Crippen LogP contribution in [0.5, 0.6) is 0 Å². The molecule has 0 saturated heterocycles. The van der Waals surface area contributed by atoms with Gasteiger partial charge in [0.15, 0.2) is 5.82 Å². The van der Waals surface area contributed by atoms with Crippen LogP contribution in [0.1, 0.15) is 29.9 Å². The minimum atomic E-state index is -0.450. The van der Waals surface area contributed by atoms with Crippen LogP contribution >= 0.6 is 0 Å². The Hall–Kier alpha value is -2.17. The van der Waals surface area contributed by atoms with E-state index in [2.05, 4.69) is 15.3 Å². The first kappa shape index (κ1) is 11.0. The highest BCUT2D eigenvalue weighted by Gasteiger charge is 2.37. The molecule has 3 heterocycles. The van der Waals surface area contributed by atoms with Gasteiger partial charge in [-0.3, -0.25) is 9.78 Å². The molecule has 0 fully saturated rings. The Morgan fingerprint density at radius 3 is 2.78 bits per heavy atom. The number of aromatic nitrogens is 2. The van der Waals surface area contributed by atoms with E-state index in [1.807, 2.05) is 13.8 Å². The molecule has 1 amide bonds. The lowest BCUT2D eigenvalue weighted by molar-refractivity contribution is 0.0939. The van der Waals surface area contributed by atoms with Gasteiger partial charge in [0.25, 0.3) is 5.91 Å². The predicted octanol–water partition coefficient (Wildman–Crippen LogP) is 2.19. The Morgan fingerprint density at radius 2 is 2.11 bits per heavy atom. The average Bonchev–Trinajstić information content (AvgIpc) is 2.81. The number of hydrogen-bond acceptors (Lipinski definition) is 2. The predicted molar refractivity (Wildman–Crippen MR) is 64.5 cm³/mol. The van der Waals surface area contributed by atoms with Crippen LogP contribution in [-0.4, -0.2) is 15.9 Å². The summed E-state index contributed by atoms with van der Waals surface area (Å²) in [5.74, 6) is -0.539. The van der Waals surface area contributed by atoms with E-state index in [0.29, 0.717) is 16.8 Å². The molecule has 2 aromatic rings. The maximum atomic E-state index is 13.6. The summed E-state index contributed by atoms with van der Waals surface area (Å²) in [6.45, 7) is 3.81. The molecule has 0 saturated carbocycles. The average molecular weight is 245 g/mol. The van der Waals surface area contributed by atoms with Crippen molar-refractivity contribution < 1.29 is 9.18 Å². The van der Waals surface area contributed by atoms with E-state index in [4.69, 9.17) is 0 Å². The number of amides is 1. The van der Waals surface area contributed by atoms with Crippen molar-refractivity contribution in [2.24, 2.45) is 0 Å². The molecule has 2 aromatic heterocycles. The molecular formula is C13H12FN3O. The molecule has 0 radical (unpaired) electrons. The number of carbonyl (C=O) groups is 1. The quantitative estimate of drug-likeness (QED) is 0.809. The third kappa shape index (κ3) is 1.44. The van der Waals surface area contributed by atoms with Crippen LogP contribution in [0.15, 0.2) is 24.5 Å². The van der Waals surface area contributed by atoms with Gasteiger partial charge in [0.1, 0.15) is 0 Å². The maximum Gasteiger partial charge on any atom is 0.253 e.